The van der Waals surface area contributed by atoms with Crippen molar-refractivity contribution in [1.82, 2.24) is 9.96 Å². The zero-order valence-corrected chi connectivity index (χ0v) is 7.47. The maximum atomic E-state index is 11.2. The van der Waals surface area contributed by atoms with Crippen LogP contribution < -0.4 is 0 Å². The molecule has 0 aliphatic carbocycles. The van der Waals surface area contributed by atoms with Crippen LogP contribution in [0.4, 0.5) is 4.79 Å². The van der Waals surface area contributed by atoms with Crippen molar-refractivity contribution >= 4 is 6.09 Å². The van der Waals surface area contributed by atoms with E-state index in [1.54, 1.807) is 0 Å². The maximum Gasteiger partial charge on any atom is 0.410 e. The Morgan fingerprint density at radius 2 is 2.31 bits per heavy atom. The first-order valence-corrected chi connectivity index (χ1v) is 4.56. The van der Waals surface area contributed by atoms with E-state index in [1.165, 1.54) is 0 Å². The molecular weight excluding hydrogens is 172 g/mol. The summed E-state index contributed by atoms with van der Waals surface area (Å²) < 4.78 is 4.98. The number of likely N-dealkylation sites (N-methyl/N-ethyl adjacent to an activating group) is 1. The van der Waals surface area contributed by atoms with E-state index in [1.807, 2.05) is 17.0 Å². The average molecular weight is 184 g/mol. The van der Waals surface area contributed by atoms with Crippen molar-refractivity contribution in [3.8, 4) is 0 Å². The van der Waals surface area contributed by atoms with E-state index >= 15 is 0 Å². The molecule has 3 heterocycles. The molecule has 3 atom stereocenters. The Balaban J connectivity index is 1.88. The maximum absolute atomic E-state index is 11.2. The van der Waals surface area contributed by atoms with Crippen LogP contribution in [0.2, 0.25) is 0 Å². The fraction of sp³-hybridized carbons (Fsp3) is 0.875. The van der Waals surface area contributed by atoms with Crippen LogP contribution in [0, 0.1) is 5.92 Å². The van der Waals surface area contributed by atoms with Crippen LogP contribution in [0.15, 0.2) is 0 Å². The number of carbonyl (C=O) groups is 1. The molecule has 0 radical (unpaired) electrons. The monoisotopic (exact) mass is 184 g/mol. The second kappa shape index (κ2) is 2.36. The molecule has 0 bridgehead atoms. The van der Waals surface area contributed by atoms with Gasteiger partial charge in [-0.05, 0) is 0 Å². The highest BCUT2D eigenvalue weighted by Gasteiger charge is 2.53. The highest BCUT2D eigenvalue weighted by molar-refractivity contribution is 5.71. The van der Waals surface area contributed by atoms with Crippen molar-refractivity contribution < 1.29 is 14.4 Å². The van der Waals surface area contributed by atoms with Crippen LogP contribution in [0.5, 0.6) is 0 Å². The van der Waals surface area contributed by atoms with E-state index in [2.05, 4.69) is 0 Å². The molecule has 0 aromatic rings. The summed E-state index contributed by atoms with van der Waals surface area (Å²) in [5, 5.41) is 1.87. The number of nitrogens with zero attached hydrogens (tertiary/aromatic N) is 2. The molecule has 0 N–H and O–H groups in total. The summed E-state index contributed by atoms with van der Waals surface area (Å²) in [4.78, 5) is 18.5. The lowest BCUT2D eigenvalue weighted by molar-refractivity contribution is -0.118. The number of carbonyl (C=O) groups excluding carboxylic acids is 1. The van der Waals surface area contributed by atoms with Gasteiger partial charge in [0.15, 0.2) is 0 Å². The smallest absolute Gasteiger partial charge is 0.410 e. The molecule has 0 aromatic carbocycles. The number of hydrogen-bond acceptors (Lipinski definition) is 4. The summed E-state index contributed by atoms with van der Waals surface area (Å²) in [6.07, 6.45) is -0.159. The van der Waals surface area contributed by atoms with Gasteiger partial charge in [0.1, 0.15) is 6.61 Å². The van der Waals surface area contributed by atoms with E-state index < -0.39 is 0 Å². The Morgan fingerprint density at radius 3 is 3.15 bits per heavy atom. The molecule has 13 heavy (non-hydrogen) atoms. The molecule has 3 aliphatic heterocycles. The number of hydrogen-bond donors (Lipinski definition) is 0. The minimum atomic E-state index is -0.159. The molecule has 5 nitrogen and oxygen atoms in total. The number of hydroxylamine groups is 2. The van der Waals surface area contributed by atoms with Gasteiger partial charge in [-0.25, -0.2) is 4.79 Å². The quantitative estimate of drug-likeness (QED) is 0.517. The molecule has 3 rings (SSSR count). The van der Waals surface area contributed by atoms with Gasteiger partial charge in [-0.1, -0.05) is 0 Å². The number of amides is 1. The van der Waals surface area contributed by atoms with Crippen molar-refractivity contribution in [2.75, 3.05) is 26.8 Å². The van der Waals surface area contributed by atoms with Gasteiger partial charge in [-0.15, -0.1) is 0 Å². The third kappa shape index (κ3) is 0.858. The summed E-state index contributed by atoms with van der Waals surface area (Å²) in [6.45, 7) is 2.05. The van der Waals surface area contributed by atoms with Crippen molar-refractivity contribution in [3.63, 3.8) is 0 Å². The lowest BCUT2D eigenvalue weighted by atomic mass is 10.0. The van der Waals surface area contributed by atoms with E-state index in [4.69, 9.17) is 9.57 Å². The average Bonchev–Trinajstić information content (AvgIpc) is 2.69. The molecular formula is C8H12N2O3. The zero-order chi connectivity index (χ0) is 9.00. The predicted molar refractivity (Wildman–Crippen MR) is 42.8 cm³/mol. The fourth-order valence-corrected chi connectivity index (χ4v) is 2.62. The summed E-state index contributed by atoms with van der Waals surface area (Å²) in [5.41, 5.74) is 0. The standard InChI is InChI=1S/C8H12N2O3/c1-9-7-5(3-13-9)2-10-6(7)4-12-8(10)11/h5-7H,2-4H2,1H3/t5-,6-,7+/m0/s1. The van der Waals surface area contributed by atoms with Crippen LogP contribution in [0.3, 0.4) is 0 Å². The lowest BCUT2D eigenvalue weighted by Crippen LogP contribution is -2.40. The minimum Gasteiger partial charge on any atom is -0.447 e. The van der Waals surface area contributed by atoms with Crippen LogP contribution in [-0.2, 0) is 9.57 Å². The van der Waals surface area contributed by atoms with Crippen molar-refractivity contribution in [1.29, 1.82) is 0 Å². The van der Waals surface area contributed by atoms with Gasteiger partial charge >= 0.3 is 6.09 Å². The molecule has 0 spiro atoms. The van der Waals surface area contributed by atoms with Crippen LogP contribution in [0.1, 0.15) is 0 Å². The molecule has 3 fully saturated rings. The Kier molecular flexibility index (Phi) is 1.38. The summed E-state index contributed by atoms with van der Waals surface area (Å²) in [7, 11) is 1.93. The van der Waals surface area contributed by atoms with Gasteiger partial charge < -0.3 is 4.74 Å². The van der Waals surface area contributed by atoms with Crippen molar-refractivity contribution in [2.24, 2.45) is 5.92 Å². The summed E-state index contributed by atoms with van der Waals surface area (Å²) in [6, 6.07) is 0.552. The Labute approximate surface area is 76.1 Å². The zero-order valence-electron chi connectivity index (χ0n) is 7.47. The first-order valence-electron chi connectivity index (χ1n) is 4.56. The second-order valence-electron chi connectivity index (χ2n) is 3.89. The molecule has 0 saturated carbocycles. The van der Waals surface area contributed by atoms with E-state index in [0.717, 1.165) is 13.2 Å². The Bertz CT molecular complexity index is 258. The number of rotatable bonds is 0. The summed E-state index contributed by atoms with van der Waals surface area (Å²) in [5.74, 6) is 0.475. The summed E-state index contributed by atoms with van der Waals surface area (Å²) >= 11 is 0. The molecule has 5 heteroatoms. The van der Waals surface area contributed by atoms with E-state index in [0.29, 0.717) is 18.6 Å². The number of ether oxygens (including phenoxy) is 1. The Morgan fingerprint density at radius 1 is 1.46 bits per heavy atom. The molecule has 3 saturated heterocycles. The molecule has 72 valence electrons. The normalized spacial score (nSPS) is 43.6. The highest BCUT2D eigenvalue weighted by Crippen LogP contribution is 2.35. The fourth-order valence-electron chi connectivity index (χ4n) is 2.62. The van der Waals surface area contributed by atoms with Gasteiger partial charge in [-0.2, -0.15) is 5.06 Å². The van der Waals surface area contributed by atoms with E-state index in [9.17, 15) is 4.79 Å². The molecule has 1 amide bonds. The van der Waals surface area contributed by atoms with E-state index in [-0.39, 0.29) is 12.1 Å². The lowest BCUT2D eigenvalue weighted by Gasteiger charge is -2.21. The predicted octanol–water partition coefficient (Wildman–Crippen LogP) is -0.317. The van der Waals surface area contributed by atoms with Crippen molar-refractivity contribution in [2.45, 2.75) is 12.1 Å². The SMILES string of the molecule is CN1OC[C@@H]2CN3C(=O)OC[C@H]3[C@@H]21. The Hall–Kier alpha value is -0.810. The van der Waals surface area contributed by atoms with Gasteiger partial charge in [-0.3, -0.25) is 9.74 Å². The van der Waals surface area contributed by atoms with Gasteiger partial charge in [0, 0.05) is 19.5 Å². The van der Waals surface area contributed by atoms with Crippen LogP contribution >= 0.6 is 0 Å². The third-order valence-corrected chi connectivity index (χ3v) is 3.23. The van der Waals surface area contributed by atoms with Crippen molar-refractivity contribution in [3.05, 3.63) is 0 Å². The topological polar surface area (TPSA) is 42.0 Å². The second-order valence-corrected chi connectivity index (χ2v) is 3.89. The largest absolute Gasteiger partial charge is 0.447 e. The van der Waals surface area contributed by atoms with Gasteiger partial charge in [0.25, 0.3) is 0 Å². The highest BCUT2D eigenvalue weighted by atomic mass is 16.7. The molecule has 3 aliphatic rings. The minimum absolute atomic E-state index is 0.159. The van der Waals surface area contributed by atoms with Gasteiger partial charge in [0.2, 0.25) is 0 Å². The van der Waals surface area contributed by atoms with Gasteiger partial charge in [0.05, 0.1) is 18.7 Å². The first kappa shape index (κ1) is 7.58. The number of fused-ring (bicyclic) bond motifs is 3. The van der Waals surface area contributed by atoms with Crippen LogP contribution in [-0.4, -0.2) is 54.9 Å². The molecule has 0 aromatic heterocycles. The first-order chi connectivity index (χ1) is 6.27. The molecule has 0 unspecified atom stereocenters. The number of cyclic esters (lactones) is 1. The van der Waals surface area contributed by atoms with Crippen LogP contribution in [0.25, 0.3) is 0 Å². The third-order valence-electron chi connectivity index (χ3n) is 3.23.